The quantitative estimate of drug-likeness (QED) is 0.702. The minimum atomic E-state index is -0.775. The van der Waals surface area contributed by atoms with Gasteiger partial charge in [-0.2, -0.15) is 0 Å². The van der Waals surface area contributed by atoms with Crippen LogP contribution in [0.1, 0.15) is 59.8 Å². The first kappa shape index (κ1) is 18.0. The fourth-order valence-electron chi connectivity index (χ4n) is 2.69. The van der Waals surface area contributed by atoms with Crippen LogP contribution < -0.4 is 10.6 Å². The largest absolute Gasteiger partial charge is 0.481 e. The molecule has 0 aliphatic heterocycles. The molecule has 0 bridgehead atoms. The Hall–Kier alpha value is -1.10. The summed E-state index contributed by atoms with van der Waals surface area (Å²) in [5, 5.41) is 15.6. The third-order valence-corrected chi connectivity index (χ3v) is 4.32. The Labute approximate surface area is 127 Å². The maximum atomic E-state index is 11.9. The molecule has 0 aromatic heterocycles. The maximum absolute atomic E-state index is 11.9. The van der Waals surface area contributed by atoms with E-state index in [1.165, 1.54) is 0 Å². The lowest BCUT2D eigenvalue weighted by atomic mass is 9.71. The first-order valence-corrected chi connectivity index (χ1v) is 7.90. The summed E-state index contributed by atoms with van der Waals surface area (Å²) in [5.41, 5.74) is -0.776. The summed E-state index contributed by atoms with van der Waals surface area (Å²) < 4.78 is 0. The number of aliphatic carboxylic acids is 1. The number of carbonyl (C=O) groups excluding carboxylic acids is 1. The van der Waals surface area contributed by atoms with E-state index in [0.717, 1.165) is 12.8 Å². The van der Waals surface area contributed by atoms with Gasteiger partial charge in [-0.05, 0) is 52.4 Å². The minimum Gasteiger partial charge on any atom is -0.481 e. The maximum Gasteiger partial charge on any atom is 0.311 e. The van der Waals surface area contributed by atoms with Gasteiger partial charge < -0.3 is 15.7 Å². The lowest BCUT2D eigenvalue weighted by Crippen LogP contribution is -2.46. The SMILES string of the molecule is CC1CCC(CNC(=O)CCNC(C)(C)C)(C(=O)O)CC1. The topological polar surface area (TPSA) is 78.4 Å². The minimum absolute atomic E-state index is 0.0118. The smallest absolute Gasteiger partial charge is 0.311 e. The van der Waals surface area contributed by atoms with Gasteiger partial charge in [-0.25, -0.2) is 0 Å². The normalized spacial score (nSPS) is 26.4. The number of hydrogen-bond acceptors (Lipinski definition) is 3. The summed E-state index contributed by atoms with van der Waals surface area (Å²) in [5.74, 6) is -0.266. The molecule has 0 aromatic carbocycles. The highest BCUT2D eigenvalue weighted by Crippen LogP contribution is 2.38. The molecule has 1 aliphatic carbocycles. The number of amides is 1. The van der Waals surface area contributed by atoms with Crippen molar-refractivity contribution in [3.05, 3.63) is 0 Å². The van der Waals surface area contributed by atoms with E-state index < -0.39 is 11.4 Å². The Morgan fingerprint density at radius 2 is 1.81 bits per heavy atom. The Morgan fingerprint density at radius 3 is 2.29 bits per heavy atom. The molecule has 1 fully saturated rings. The van der Waals surface area contributed by atoms with Gasteiger partial charge >= 0.3 is 5.97 Å². The summed E-state index contributed by atoms with van der Waals surface area (Å²) in [6, 6.07) is 0. The number of carboxylic acid groups (broad SMARTS) is 1. The summed E-state index contributed by atoms with van der Waals surface area (Å²) in [6.45, 7) is 9.16. The molecule has 0 atom stereocenters. The molecule has 5 heteroatoms. The lowest BCUT2D eigenvalue weighted by Gasteiger charge is -2.35. The van der Waals surface area contributed by atoms with Gasteiger partial charge in [0.15, 0.2) is 0 Å². The summed E-state index contributed by atoms with van der Waals surface area (Å²) in [4.78, 5) is 23.4. The molecule has 21 heavy (non-hydrogen) atoms. The van der Waals surface area contributed by atoms with Crippen molar-refractivity contribution < 1.29 is 14.7 Å². The van der Waals surface area contributed by atoms with Gasteiger partial charge in [0.05, 0.1) is 5.41 Å². The fraction of sp³-hybridized carbons (Fsp3) is 0.875. The summed E-state index contributed by atoms with van der Waals surface area (Å²) in [7, 11) is 0. The van der Waals surface area contributed by atoms with Crippen molar-refractivity contribution in [1.82, 2.24) is 10.6 Å². The monoisotopic (exact) mass is 298 g/mol. The zero-order chi connectivity index (χ0) is 16.1. The van der Waals surface area contributed by atoms with Crippen molar-refractivity contribution in [2.45, 2.75) is 65.3 Å². The number of carboxylic acids is 1. The number of hydrogen-bond donors (Lipinski definition) is 3. The fourth-order valence-corrected chi connectivity index (χ4v) is 2.69. The van der Waals surface area contributed by atoms with Crippen molar-refractivity contribution in [3.8, 4) is 0 Å². The van der Waals surface area contributed by atoms with Crippen molar-refractivity contribution in [2.75, 3.05) is 13.1 Å². The van der Waals surface area contributed by atoms with Gasteiger partial charge in [0.1, 0.15) is 0 Å². The van der Waals surface area contributed by atoms with Gasteiger partial charge in [0.25, 0.3) is 0 Å². The third kappa shape index (κ3) is 6.04. The van der Waals surface area contributed by atoms with Crippen LogP contribution in [-0.4, -0.2) is 35.6 Å². The zero-order valence-corrected chi connectivity index (χ0v) is 13.8. The van der Waals surface area contributed by atoms with Crippen LogP contribution in [0.2, 0.25) is 0 Å². The Bertz CT molecular complexity index is 366. The lowest BCUT2D eigenvalue weighted by molar-refractivity contribution is -0.151. The van der Waals surface area contributed by atoms with Crippen molar-refractivity contribution in [1.29, 1.82) is 0 Å². The highest BCUT2D eigenvalue weighted by molar-refractivity contribution is 5.79. The molecule has 0 radical (unpaired) electrons. The third-order valence-electron chi connectivity index (χ3n) is 4.32. The standard InChI is InChI=1S/C16H30N2O3/c1-12-5-8-16(9-6-12,14(20)21)11-17-13(19)7-10-18-15(2,3)4/h12,18H,5-11H2,1-4H3,(H,17,19)(H,20,21). The van der Waals surface area contributed by atoms with E-state index in [-0.39, 0.29) is 18.0 Å². The number of nitrogens with one attached hydrogen (secondary N) is 2. The van der Waals surface area contributed by atoms with Crippen LogP contribution in [-0.2, 0) is 9.59 Å². The van der Waals surface area contributed by atoms with Crippen LogP contribution in [0.15, 0.2) is 0 Å². The molecule has 0 saturated heterocycles. The average molecular weight is 298 g/mol. The van der Waals surface area contributed by atoms with Crippen LogP contribution in [0.5, 0.6) is 0 Å². The Morgan fingerprint density at radius 1 is 1.24 bits per heavy atom. The van der Waals surface area contributed by atoms with Crippen molar-refractivity contribution in [2.24, 2.45) is 11.3 Å². The highest BCUT2D eigenvalue weighted by atomic mass is 16.4. The molecule has 5 nitrogen and oxygen atoms in total. The van der Waals surface area contributed by atoms with Crippen molar-refractivity contribution >= 4 is 11.9 Å². The van der Waals surface area contributed by atoms with Crippen LogP contribution >= 0.6 is 0 Å². The second-order valence-electron chi connectivity index (χ2n) is 7.47. The van der Waals surface area contributed by atoms with Crippen LogP contribution in [0.25, 0.3) is 0 Å². The van der Waals surface area contributed by atoms with Gasteiger partial charge in [-0.1, -0.05) is 6.92 Å². The molecule has 0 spiro atoms. The molecular weight excluding hydrogens is 268 g/mol. The second-order valence-corrected chi connectivity index (χ2v) is 7.47. The van der Waals surface area contributed by atoms with E-state index in [2.05, 4.69) is 17.6 Å². The zero-order valence-electron chi connectivity index (χ0n) is 13.8. The van der Waals surface area contributed by atoms with E-state index >= 15 is 0 Å². The van der Waals surface area contributed by atoms with Crippen LogP contribution in [0.3, 0.4) is 0 Å². The van der Waals surface area contributed by atoms with E-state index in [9.17, 15) is 14.7 Å². The van der Waals surface area contributed by atoms with Gasteiger partial charge in [0, 0.05) is 25.0 Å². The first-order chi connectivity index (χ1) is 9.65. The number of rotatable bonds is 6. The molecule has 0 aromatic rings. The predicted molar refractivity (Wildman–Crippen MR) is 83.1 cm³/mol. The predicted octanol–water partition coefficient (Wildman–Crippen LogP) is 2.16. The van der Waals surface area contributed by atoms with Gasteiger partial charge in [0.2, 0.25) is 5.91 Å². The van der Waals surface area contributed by atoms with Crippen molar-refractivity contribution in [3.63, 3.8) is 0 Å². The molecule has 0 heterocycles. The van der Waals surface area contributed by atoms with Gasteiger partial charge in [-0.15, -0.1) is 0 Å². The highest BCUT2D eigenvalue weighted by Gasteiger charge is 2.41. The molecule has 1 saturated carbocycles. The Balaban J connectivity index is 2.40. The molecule has 122 valence electrons. The van der Waals surface area contributed by atoms with Crippen LogP contribution in [0, 0.1) is 11.3 Å². The van der Waals surface area contributed by atoms with E-state index in [1.54, 1.807) is 0 Å². The second kappa shape index (κ2) is 7.25. The van der Waals surface area contributed by atoms with Gasteiger partial charge in [-0.3, -0.25) is 9.59 Å². The van der Waals surface area contributed by atoms with Crippen LogP contribution in [0.4, 0.5) is 0 Å². The first-order valence-electron chi connectivity index (χ1n) is 7.90. The summed E-state index contributed by atoms with van der Waals surface area (Å²) >= 11 is 0. The molecular formula is C16H30N2O3. The summed E-state index contributed by atoms with van der Waals surface area (Å²) in [6.07, 6.45) is 3.54. The molecule has 3 N–H and O–H groups in total. The van der Waals surface area contributed by atoms with E-state index in [1.807, 2.05) is 20.8 Å². The molecule has 0 unspecified atom stereocenters. The van der Waals surface area contributed by atoms with E-state index in [0.29, 0.717) is 31.7 Å². The average Bonchev–Trinajstić information content (AvgIpc) is 2.36. The molecule has 1 aliphatic rings. The Kier molecular flexibility index (Phi) is 6.20. The molecule has 1 amide bonds. The molecule has 1 rings (SSSR count). The van der Waals surface area contributed by atoms with E-state index in [4.69, 9.17) is 0 Å². The number of carbonyl (C=O) groups is 2.